The number of piperazine rings is 1. The highest BCUT2D eigenvalue weighted by molar-refractivity contribution is 5.78. The Balaban J connectivity index is 1.61. The Morgan fingerprint density at radius 3 is 2.42 bits per heavy atom. The highest BCUT2D eigenvalue weighted by atomic mass is 16.2. The molecule has 2 aliphatic rings. The minimum atomic E-state index is -0.0823. The quantitative estimate of drug-likeness (QED) is 0.836. The molecule has 1 saturated carbocycles. The second-order valence-corrected chi connectivity index (χ2v) is 5.66. The lowest BCUT2D eigenvalue weighted by Crippen LogP contribution is -2.46. The summed E-state index contributed by atoms with van der Waals surface area (Å²) in [5.74, 6) is 0.225. The van der Waals surface area contributed by atoms with Crippen LogP contribution >= 0.6 is 0 Å². The van der Waals surface area contributed by atoms with Gasteiger partial charge in [0.2, 0.25) is 5.91 Å². The molecule has 1 aromatic rings. The topological polar surface area (TPSA) is 58.4 Å². The number of nitrogens with one attached hydrogen (secondary N) is 1. The highest BCUT2D eigenvalue weighted by Crippen LogP contribution is 2.42. The molecule has 2 fully saturated rings. The Bertz CT molecular complexity index is 459. The fraction of sp³-hybridized carbons (Fsp3) is 0.533. The van der Waals surface area contributed by atoms with Gasteiger partial charge in [0.1, 0.15) is 0 Å². The lowest BCUT2D eigenvalue weighted by atomic mass is 10.0. The summed E-state index contributed by atoms with van der Waals surface area (Å²) in [6.45, 7) is 3.45. The fourth-order valence-corrected chi connectivity index (χ4v) is 2.58. The zero-order valence-corrected chi connectivity index (χ0v) is 11.2. The van der Waals surface area contributed by atoms with Gasteiger partial charge in [-0.15, -0.1) is 0 Å². The maximum atomic E-state index is 12.1. The average molecular weight is 259 g/mol. The summed E-state index contributed by atoms with van der Waals surface area (Å²) in [4.78, 5) is 14.1. The van der Waals surface area contributed by atoms with Crippen molar-refractivity contribution in [3.63, 3.8) is 0 Å². The number of amides is 1. The average Bonchev–Trinajstić information content (AvgIpc) is 3.20. The highest BCUT2D eigenvalue weighted by Gasteiger charge is 2.39. The predicted octanol–water partition coefficient (Wildman–Crippen LogP) is 0.609. The lowest BCUT2D eigenvalue weighted by Gasteiger charge is -2.27. The van der Waals surface area contributed by atoms with Gasteiger partial charge in [-0.05, 0) is 24.0 Å². The third-order valence-electron chi connectivity index (χ3n) is 4.14. The van der Waals surface area contributed by atoms with Crippen LogP contribution in [0.2, 0.25) is 0 Å². The molecule has 0 atom stereocenters. The van der Waals surface area contributed by atoms with Crippen molar-refractivity contribution >= 4 is 5.91 Å². The molecule has 0 aromatic heterocycles. The molecule has 1 amide bonds. The summed E-state index contributed by atoms with van der Waals surface area (Å²) >= 11 is 0. The number of benzene rings is 1. The van der Waals surface area contributed by atoms with E-state index in [9.17, 15) is 4.79 Å². The van der Waals surface area contributed by atoms with E-state index in [0.717, 1.165) is 44.6 Å². The van der Waals surface area contributed by atoms with Gasteiger partial charge in [-0.2, -0.15) is 0 Å². The first-order valence-electron chi connectivity index (χ1n) is 7.04. The first kappa shape index (κ1) is 12.6. The van der Waals surface area contributed by atoms with Crippen molar-refractivity contribution in [2.24, 2.45) is 5.73 Å². The van der Waals surface area contributed by atoms with Crippen LogP contribution in [-0.4, -0.2) is 37.0 Å². The second-order valence-electron chi connectivity index (χ2n) is 5.66. The largest absolute Gasteiger partial charge is 0.340 e. The number of nitrogens with zero attached hydrogens (tertiary/aromatic N) is 1. The van der Waals surface area contributed by atoms with Crippen LogP contribution in [-0.2, 0) is 16.8 Å². The van der Waals surface area contributed by atoms with Gasteiger partial charge in [0.25, 0.3) is 0 Å². The van der Waals surface area contributed by atoms with Crippen LogP contribution < -0.4 is 11.1 Å². The Morgan fingerprint density at radius 2 is 1.84 bits per heavy atom. The van der Waals surface area contributed by atoms with Crippen molar-refractivity contribution in [2.45, 2.75) is 24.8 Å². The van der Waals surface area contributed by atoms with E-state index in [2.05, 4.69) is 17.4 Å². The molecule has 1 heterocycles. The summed E-state index contributed by atoms with van der Waals surface area (Å²) in [5.41, 5.74) is 8.35. The Kier molecular flexibility index (Phi) is 3.29. The van der Waals surface area contributed by atoms with E-state index in [4.69, 9.17) is 5.73 Å². The summed E-state index contributed by atoms with van der Waals surface area (Å²) in [6, 6.07) is 8.24. The van der Waals surface area contributed by atoms with E-state index < -0.39 is 0 Å². The number of rotatable bonds is 3. The minimum Gasteiger partial charge on any atom is -0.340 e. The maximum Gasteiger partial charge on any atom is 0.227 e. The molecule has 1 saturated heterocycles. The van der Waals surface area contributed by atoms with E-state index in [1.807, 2.05) is 17.0 Å². The van der Waals surface area contributed by atoms with Crippen molar-refractivity contribution < 1.29 is 4.79 Å². The number of nitrogens with two attached hydrogens (primary N) is 1. The first-order valence-corrected chi connectivity index (χ1v) is 7.04. The normalized spacial score (nSPS) is 21.2. The lowest BCUT2D eigenvalue weighted by molar-refractivity contribution is -0.131. The minimum absolute atomic E-state index is 0.0823. The SMILES string of the molecule is NC1(c2ccc(CC(=O)N3CCNCC3)cc2)CC1. The van der Waals surface area contributed by atoms with Gasteiger partial charge in [-0.25, -0.2) is 0 Å². The van der Waals surface area contributed by atoms with Gasteiger partial charge in [0.15, 0.2) is 0 Å². The number of hydrogen-bond donors (Lipinski definition) is 2. The predicted molar refractivity (Wildman–Crippen MR) is 74.7 cm³/mol. The van der Waals surface area contributed by atoms with Crippen molar-refractivity contribution in [1.29, 1.82) is 0 Å². The van der Waals surface area contributed by atoms with E-state index in [0.29, 0.717) is 6.42 Å². The van der Waals surface area contributed by atoms with E-state index in [-0.39, 0.29) is 11.4 Å². The molecule has 0 radical (unpaired) electrons. The number of hydrogen-bond acceptors (Lipinski definition) is 3. The molecule has 3 N–H and O–H groups in total. The van der Waals surface area contributed by atoms with Gasteiger partial charge < -0.3 is 16.0 Å². The molecule has 0 spiro atoms. The van der Waals surface area contributed by atoms with E-state index >= 15 is 0 Å². The molecular weight excluding hydrogens is 238 g/mol. The molecule has 1 aliphatic carbocycles. The van der Waals surface area contributed by atoms with Crippen molar-refractivity contribution in [1.82, 2.24) is 10.2 Å². The fourth-order valence-electron chi connectivity index (χ4n) is 2.58. The van der Waals surface area contributed by atoms with Crippen LogP contribution in [0.4, 0.5) is 0 Å². The monoisotopic (exact) mass is 259 g/mol. The Hall–Kier alpha value is -1.39. The molecule has 3 rings (SSSR count). The summed E-state index contributed by atoms with van der Waals surface area (Å²) in [7, 11) is 0. The third-order valence-corrected chi connectivity index (χ3v) is 4.14. The standard InChI is InChI=1S/C15H21N3O/c16-15(5-6-15)13-3-1-12(2-4-13)11-14(19)18-9-7-17-8-10-18/h1-4,17H,5-11,16H2. The summed E-state index contributed by atoms with van der Waals surface area (Å²) < 4.78 is 0. The molecule has 0 bridgehead atoms. The summed E-state index contributed by atoms with van der Waals surface area (Å²) in [5, 5.41) is 3.26. The molecule has 1 aliphatic heterocycles. The van der Waals surface area contributed by atoms with Crippen LogP contribution in [0.5, 0.6) is 0 Å². The van der Waals surface area contributed by atoms with Crippen molar-refractivity contribution in [2.75, 3.05) is 26.2 Å². The Morgan fingerprint density at radius 1 is 1.21 bits per heavy atom. The smallest absolute Gasteiger partial charge is 0.227 e. The van der Waals surface area contributed by atoms with Crippen LogP contribution in [0.25, 0.3) is 0 Å². The molecule has 4 nitrogen and oxygen atoms in total. The summed E-state index contributed by atoms with van der Waals surface area (Å²) in [6.07, 6.45) is 2.65. The third kappa shape index (κ3) is 2.80. The van der Waals surface area contributed by atoms with E-state index in [1.165, 1.54) is 5.56 Å². The second kappa shape index (κ2) is 4.94. The molecule has 102 valence electrons. The zero-order chi connectivity index (χ0) is 13.3. The van der Waals surface area contributed by atoms with Crippen LogP contribution in [0.15, 0.2) is 24.3 Å². The molecule has 4 heteroatoms. The van der Waals surface area contributed by atoms with Crippen LogP contribution in [0, 0.1) is 0 Å². The molecule has 1 aromatic carbocycles. The van der Waals surface area contributed by atoms with Gasteiger partial charge in [-0.3, -0.25) is 4.79 Å². The van der Waals surface area contributed by atoms with Crippen LogP contribution in [0.1, 0.15) is 24.0 Å². The van der Waals surface area contributed by atoms with Gasteiger partial charge >= 0.3 is 0 Å². The number of carbonyl (C=O) groups excluding carboxylic acids is 1. The first-order chi connectivity index (χ1) is 9.17. The number of carbonyl (C=O) groups is 1. The van der Waals surface area contributed by atoms with Gasteiger partial charge in [-0.1, -0.05) is 24.3 Å². The molecule has 0 unspecified atom stereocenters. The van der Waals surface area contributed by atoms with Gasteiger partial charge in [0.05, 0.1) is 6.42 Å². The Labute approximate surface area is 114 Å². The molecule has 19 heavy (non-hydrogen) atoms. The van der Waals surface area contributed by atoms with Crippen molar-refractivity contribution in [3.8, 4) is 0 Å². The maximum absolute atomic E-state index is 12.1. The van der Waals surface area contributed by atoms with Gasteiger partial charge in [0, 0.05) is 31.7 Å². The van der Waals surface area contributed by atoms with Crippen molar-refractivity contribution in [3.05, 3.63) is 35.4 Å². The van der Waals surface area contributed by atoms with E-state index in [1.54, 1.807) is 0 Å². The zero-order valence-electron chi connectivity index (χ0n) is 11.2. The molecular formula is C15H21N3O. The van der Waals surface area contributed by atoms with Crippen LogP contribution in [0.3, 0.4) is 0 Å².